The van der Waals surface area contributed by atoms with Crippen LogP contribution < -0.4 is 10.9 Å². The molecule has 4 heteroatoms. The highest BCUT2D eigenvalue weighted by Crippen LogP contribution is 2.29. The second-order valence-corrected chi connectivity index (χ2v) is 7.58. The molecule has 5 atom stereocenters. The standard InChI is InChI=1S/C20H32N3O/c1-14-5-3-4-6-20(14)23-22-17-9-12-19(15(2)13-17)21-16-7-10-18(24)11-8-16/h5,7,10,13,16-20,22-24H,3-4,6,8-9,11-12H2,1-2H3/q-1. The monoisotopic (exact) mass is 330 g/mol. The third-order valence-corrected chi connectivity index (χ3v) is 5.58. The molecule has 0 saturated carbocycles. The molecule has 0 amide bonds. The topological polar surface area (TPSA) is 58.4 Å². The Balaban J connectivity index is 1.47. The summed E-state index contributed by atoms with van der Waals surface area (Å²) in [6.07, 6.45) is 16.2. The summed E-state index contributed by atoms with van der Waals surface area (Å²) < 4.78 is 0. The Morgan fingerprint density at radius 1 is 1.00 bits per heavy atom. The van der Waals surface area contributed by atoms with Gasteiger partial charge in [-0.25, -0.2) is 0 Å². The highest BCUT2D eigenvalue weighted by Gasteiger charge is 2.19. The van der Waals surface area contributed by atoms with Crippen LogP contribution in [0.1, 0.15) is 58.8 Å². The zero-order valence-corrected chi connectivity index (χ0v) is 15.0. The summed E-state index contributed by atoms with van der Waals surface area (Å²) in [6.45, 7) is 4.43. The SMILES string of the molecule is CC1=CC(NNC2CCCC=C2C)CCC1[N-]C1C=CC(O)CC1. The minimum atomic E-state index is -0.267. The molecule has 0 saturated heterocycles. The van der Waals surface area contributed by atoms with Crippen LogP contribution in [0.3, 0.4) is 0 Å². The summed E-state index contributed by atoms with van der Waals surface area (Å²) in [5.41, 5.74) is 9.89. The van der Waals surface area contributed by atoms with Gasteiger partial charge in [-0.3, -0.25) is 10.9 Å². The highest BCUT2D eigenvalue weighted by molar-refractivity contribution is 5.26. The van der Waals surface area contributed by atoms with Crippen LogP contribution in [-0.4, -0.2) is 35.4 Å². The largest absolute Gasteiger partial charge is 0.650 e. The lowest BCUT2D eigenvalue weighted by Gasteiger charge is -2.43. The first kappa shape index (κ1) is 17.9. The van der Waals surface area contributed by atoms with Crippen LogP contribution in [0.4, 0.5) is 0 Å². The summed E-state index contributed by atoms with van der Waals surface area (Å²) in [4.78, 5) is 0. The summed E-state index contributed by atoms with van der Waals surface area (Å²) >= 11 is 0. The van der Waals surface area contributed by atoms with Gasteiger partial charge in [0.15, 0.2) is 0 Å². The van der Waals surface area contributed by atoms with Crippen molar-refractivity contribution in [1.82, 2.24) is 10.9 Å². The molecule has 3 N–H and O–H groups in total. The van der Waals surface area contributed by atoms with E-state index in [-0.39, 0.29) is 12.1 Å². The average molecular weight is 330 g/mol. The minimum Gasteiger partial charge on any atom is -0.650 e. The fourth-order valence-electron chi connectivity index (χ4n) is 3.94. The van der Waals surface area contributed by atoms with E-state index in [0.29, 0.717) is 18.1 Å². The first-order chi connectivity index (χ1) is 11.6. The molecule has 3 rings (SSSR count). The van der Waals surface area contributed by atoms with E-state index < -0.39 is 0 Å². The number of nitrogens with zero attached hydrogens (tertiary/aromatic N) is 1. The summed E-state index contributed by atoms with van der Waals surface area (Å²) in [7, 11) is 0. The molecule has 0 aromatic rings. The Morgan fingerprint density at radius 3 is 2.58 bits per heavy atom. The molecular formula is C20H32N3O-. The minimum absolute atomic E-state index is 0.267. The van der Waals surface area contributed by atoms with Gasteiger partial charge in [0.05, 0.1) is 6.10 Å². The van der Waals surface area contributed by atoms with Gasteiger partial charge in [0, 0.05) is 12.1 Å². The van der Waals surface area contributed by atoms with E-state index in [2.05, 4.69) is 42.9 Å². The summed E-state index contributed by atoms with van der Waals surface area (Å²) in [5.74, 6) is 0. The zero-order chi connectivity index (χ0) is 16.9. The van der Waals surface area contributed by atoms with E-state index in [0.717, 1.165) is 25.7 Å². The molecule has 0 heterocycles. The number of nitrogens with one attached hydrogen (secondary N) is 2. The second-order valence-electron chi connectivity index (χ2n) is 7.58. The molecule has 134 valence electrons. The number of rotatable bonds is 5. The van der Waals surface area contributed by atoms with Crippen LogP contribution in [0.2, 0.25) is 0 Å². The van der Waals surface area contributed by atoms with Gasteiger partial charge in [0.2, 0.25) is 0 Å². The summed E-state index contributed by atoms with van der Waals surface area (Å²) in [5, 5.41) is 14.5. The Hall–Kier alpha value is -0.940. The lowest BCUT2D eigenvalue weighted by atomic mass is 9.90. The smallest absolute Gasteiger partial charge is 0.0720 e. The fraction of sp³-hybridized carbons (Fsp3) is 0.700. The van der Waals surface area contributed by atoms with Crippen LogP contribution >= 0.6 is 0 Å². The lowest BCUT2D eigenvalue weighted by Crippen LogP contribution is -2.48. The Morgan fingerprint density at radius 2 is 1.88 bits per heavy atom. The maximum absolute atomic E-state index is 9.55. The molecule has 0 fully saturated rings. The Labute approximate surface area is 146 Å². The third-order valence-electron chi connectivity index (χ3n) is 5.58. The molecule has 3 aliphatic carbocycles. The normalized spacial score (nSPS) is 37.0. The molecule has 0 aromatic heterocycles. The molecule has 3 aliphatic rings. The van der Waals surface area contributed by atoms with Gasteiger partial charge in [0.25, 0.3) is 0 Å². The van der Waals surface area contributed by atoms with E-state index >= 15 is 0 Å². The molecule has 0 aliphatic heterocycles. The lowest BCUT2D eigenvalue weighted by molar-refractivity contribution is 0.202. The molecule has 0 spiro atoms. The number of allylic oxidation sites excluding steroid dienone is 1. The van der Waals surface area contributed by atoms with Crippen LogP contribution in [0, 0.1) is 0 Å². The Bertz CT molecular complexity index is 511. The molecule has 24 heavy (non-hydrogen) atoms. The van der Waals surface area contributed by atoms with Crippen LogP contribution in [-0.2, 0) is 0 Å². The second kappa shape index (κ2) is 8.43. The molecule has 4 nitrogen and oxygen atoms in total. The van der Waals surface area contributed by atoms with Gasteiger partial charge in [0.1, 0.15) is 0 Å². The number of hydrogen-bond donors (Lipinski definition) is 3. The number of hydrazine groups is 1. The molecule has 0 bridgehead atoms. The first-order valence-electron chi connectivity index (χ1n) is 9.54. The van der Waals surface area contributed by atoms with Crippen LogP contribution in [0.25, 0.3) is 5.32 Å². The van der Waals surface area contributed by atoms with Gasteiger partial charge in [-0.1, -0.05) is 42.2 Å². The van der Waals surface area contributed by atoms with E-state index in [4.69, 9.17) is 5.32 Å². The van der Waals surface area contributed by atoms with Gasteiger partial charge in [-0.2, -0.15) is 0 Å². The zero-order valence-electron chi connectivity index (χ0n) is 15.0. The third kappa shape index (κ3) is 4.79. The maximum Gasteiger partial charge on any atom is 0.0720 e. The van der Waals surface area contributed by atoms with Crippen molar-refractivity contribution in [2.75, 3.05) is 0 Å². The van der Waals surface area contributed by atoms with Gasteiger partial charge in [-0.15, -0.1) is 18.2 Å². The van der Waals surface area contributed by atoms with Crippen molar-refractivity contribution in [3.8, 4) is 0 Å². The van der Waals surface area contributed by atoms with Gasteiger partial charge >= 0.3 is 0 Å². The van der Waals surface area contributed by atoms with E-state index in [9.17, 15) is 5.11 Å². The van der Waals surface area contributed by atoms with Crippen molar-refractivity contribution >= 4 is 0 Å². The highest BCUT2D eigenvalue weighted by atomic mass is 16.3. The van der Waals surface area contributed by atoms with E-state index in [1.807, 2.05) is 6.08 Å². The van der Waals surface area contributed by atoms with Gasteiger partial charge in [-0.05, 0) is 46.0 Å². The van der Waals surface area contributed by atoms with E-state index in [1.54, 1.807) is 0 Å². The average Bonchev–Trinajstić information content (AvgIpc) is 2.58. The Kier molecular flexibility index (Phi) is 6.28. The van der Waals surface area contributed by atoms with Crippen molar-refractivity contribution in [3.63, 3.8) is 0 Å². The quantitative estimate of drug-likeness (QED) is 0.534. The summed E-state index contributed by atoms with van der Waals surface area (Å²) in [6, 6.07) is 1.49. The first-order valence-corrected chi connectivity index (χ1v) is 9.54. The number of hydrogen-bond acceptors (Lipinski definition) is 3. The number of aliphatic hydroxyl groups is 1. The van der Waals surface area contributed by atoms with Crippen molar-refractivity contribution in [3.05, 3.63) is 40.8 Å². The molecule has 0 radical (unpaired) electrons. The van der Waals surface area contributed by atoms with Crippen molar-refractivity contribution in [1.29, 1.82) is 0 Å². The molecule has 0 aromatic carbocycles. The predicted molar refractivity (Wildman–Crippen MR) is 99.8 cm³/mol. The van der Waals surface area contributed by atoms with Crippen LogP contribution in [0.5, 0.6) is 0 Å². The number of aliphatic hydroxyl groups excluding tert-OH is 1. The van der Waals surface area contributed by atoms with Crippen LogP contribution in [0.15, 0.2) is 35.5 Å². The maximum atomic E-state index is 9.55. The van der Waals surface area contributed by atoms with Crippen molar-refractivity contribution in [2.24, 2.45) is 0 Å². The van der Waals surface area contributed by atoms with Crippen molar-refractivity contribution in [2.45, 2.75) is 89.1 Å². The van der Waals surface area contributed by atoms with Crippen molar-refractivity contribution < 1.29 is 5.11 Å². The van der Waals surface area contributed by atoms with E-state index in [1.165, 1.54) is 30.4 Å². The fourth-order valence-corrected chi connectivity index (χ4v) is 3.94. The molecular weight excluding hydrogens is 298 g/mol. The predicted octanol–water partition coefficient (Wildman–Crippen LogP) is 3.51. The molecule has 5 unspecified atom stereocenters. The van der Waals surface area contributed by atoms with Gasteiger partial charge < -0.3 is 10.4 Å².